The van der Waals surface area contributed by atoms with Crippen molar-refractivity contribution >= 4 is 11.9 Å². The van der Waals surface area contributed by atoms with E-state index in [1.54, 1.807) is 0 Å². The predicted octanol–water partition coefficient (Wildman–Crippen LogP) is 0.727. The van der Waals surface area contributed by atoms with Gasteiger partial charge in [0, 0.05) is 11.1 Å². The van der Waals surface area contributed by atoms with E-state index in [1.165, 1.54) is 13.8 Å². The van der Waals surface area contributed by atoms with E-state index in [0.29, 0.717) is 12.0 Å². The minimum Gasteiger partial charge on any atom is -0.462 e. The van der Waals surface area contributed by atoms with Gasteiger partial charge in [0.2, 0.25) is 0 Å². The summed E-state index contributed by atoms with van der Waals surface area (Å²) in [4.78, 5) is 22.5. The molecule has 0 spiro atoms. The molecule has 0 aliphatic rings. The van der Waals surface area contributed by atoms with Crippen LogP contribution in [-0.2, 0) is 19.1 Å². The molecule has 0 amide bonds. The van der Waals surface area contributed by atoms with Crippen molar-refractivity contribution in [3.05, 3.63) is 24.3 Å². The number of esters is 2. The first kappa shape index (κ1) is 18.3. The molecule has 0 aromatic rings. The summed E-state index contributed by atoms with van der Waals surface area (Å²) in [5.41, 5.74) is 0.500. The molecule has 2 atom stereocenters. The summed E-state index contributed by atoms with van der Waals surface area (Å²) in [7, 11) is 0. The number of hydrogen-bond acceptors (Lipinski definition) is 6. The van der Waals surface area contributed by atoms with E-state index in [1.807, 2.05) is 0 Å². The Kier molecular flexibility index (Phi) is 8.51. The van der Waals surface area contributed by atoms with Crippen molar-refractivity contribution in [1.82, 2.24) is 0 Å². The summed E-state index contributed by atoms with van der Waals surface area (Å²) in [6.45, 7) is 9.49. The van der Waals surface area contributed by atoms with Gasteiger partial charge in [-0.3, -0.25) is 0 Å². The molecule has 0 aromatic heterocycles. The molecule has 0 rings (SSSR count). The summed E-state index contributed by atoms with van der Waals surface area (Å²) in [5, 5.41) is 18.5. The zero-order chi connectivity index (χ0) is 15.7. The molecule has 0 aliphatic carbocycles. The molecule has 0 saturated heterocycles. The summed E-state index contributed by atoms with van der Waals surface area (Å²) in [5.74, 6) is -1.13. The number of hydrogen-bond donors (Lipinski definition) is 2. The molecule has 6 nitrogen and oxygen atoms in total. The Labute approximate surface area is 118 Å². The Bertz CT molecular complexity index is 374. The van der Waals surface area contributed by atoms with Gasteiger partial charge in [0.15, 0.2) is 0 Å². The third kappa shape index (κ3) is 7.06. The van der Waals surface area contributed by atoms with E-state index >= 15 is 0 Å². The van der Waals surface area contributed by atoms with Gasteiger partial charge < -0.3 is 19.7 Å². The number of aliphatic hydroxyl groups is 2. The quantitative estimate of drug-likeness (QED) is 0.369. The number of carbonyl (C=O) groups excluding carboxylic acids is 2. The van der Waals surface area contributed by atoms with Crippen LogP contribution in [0.25, 0.3) is 0 Å². The number of rotatable bonds is 9. The lowest BCUT2D eigenvalue weighted by Crippen LogP contribution is -2.34. The Morgan fingerprint density at radius 1 is 1.15 bits per heavy atom. The SMILES string of the molecule is C=C(C)C(=O)OCCCC(OC(=O)C(=C)C)C(O)CO. The third-order valence-corrected chi connectivity index (χ3v) is 2.44. The van der Waals surface area contributed by atoms with Gasteiger partial charge in [0.1, 0.15) is 12.2 Å². The van der Waals surface area contributed by atoms with E-state index in [0.717, 1.165) is 0 Å². The van der Waals surface area contributed by atoms with E-state index in [2.05, 4.69) is 13.2 Å². The van der Waals surface area contributed by atoms with Crippen LogP contribution in [-0.4, -0.2) is 47.6 Å². The fraction of sp³-hybridized carbons (Fsp3) is 0.571. The highest BCUT2D eigenvalue weighted by atomic mass is 16.6. The zero-order valence-electron chi connectivity index (χ0n) is 11.9. The Hall–Kier alpha value is -1.66. The van der Waals surface area contributed by atoms with Crippen molar-refractivity contribution in [2.75, 3.05) is 13.2 Å². The summed E-state index contributed by atoms with van der Waals surface area (Å²) in [6, 6.07) is 0. The van der Waals surface area contributed by atoms with Gasteiger partial charge in [-0.05, 0) is 26.7 Å². The van der Waals surface area contributed by atoms with Gasteiger partial charge in [-0.25, -0.2) is 9.59 Å². The molecule has 20 heavy (non-hydrogen) atoms. The molecule has 114 valence electrons. The number of carbonyl (C=O) groups is 2. The molecule has 0 saturated carbocycles. The first-order valence-electron chi connectivity index (χ1n) is 6.27. The van der Waals surface area contributed by atoms with Gasteiger partial charge >= 0.3 is 11.9 Å². The minimum atomic E-state index is -1.19. The standard InChI is InChI=1S/C14H22O6/c1-9(2)13(17)19-7-5-6-12(11(16)8-15)20-14(18)10(3)4/h11-12,15-16H,1,3,5-8H2,2,4H3. The average molecular weight is 286 g/mol. The van der Waals surface area contributed by atoms with Gasteiger partial charge in [0.05, 0.1) is 13.2 Å². The Morgan fingerprint density at radius 2 is 1.70 bits per heavy atom. The summed E-state index contributed by atoms with van der Waals surface area (Å²) >= 11 is 0. The van der Waals surface area contributed by atoms with Crippen molar-refractivity contribution in [2.45, 2.75) is 38.9 Å². The van der Waals surface area contributed by atoms with Crippen molar-refractivity contribution in [2.24, 2.45) is 0 Å². The normalized spacial score (nSPS) is 13.2. The number of aliphatic hydroxyl groups excluding tert-OH is 2. The van der Waals surface area contributed by atoms with Gasteiger partial charge in [-0.2, -0.15) is 0 Å². The maximum atomic E-state index is 11.4. The second kappa shape index (κ2) is 9.28. The van der Waals surface area contributed by atoms with Crippen LogP contribution in [0.5, 0.6) is 0 Å². The molecule has 2 unspecified atom stereocenters. The maximum Gasteiger partial charge on any atom is 0.333 e. The van der Waals surface area contributed by atoms with Crippen LogP contribution in [0.4, 0.5) is 0 Å². The summed E-state index contributed by atoms with van der Waals surface area (Å²) in [6.07, 6.45) is -1.42. The van der Waals surface area contributed by atoms with Crippen LogP contribution in [0, 0.1) is 0 Å². The van der Waals surface area contributed by atoms with Crippen LogP contribution in [0.15, 0.2) is 24.3 Å². The smallest absolute Gasteiger partial charge is 0.333 e. The monoisotopic (exact) mass is 286 g/mol. The molecule has 0 aliphatic heterocycles. The first-order valence-corrected chi connectivity index (χ1v) is 6.27. The maximum absolute atomic E-state index is 11.4. The second-order valence-electron chi connectivity index (χ2n) is 4.53. The van der Waals surface area contributed by atoms with E-state index in [4.69, 9.17) is 14.6 Å². The van der Waals surface area contributed by atoms with Crippen LogP contribution in [0.3, 0.4) is 0 Å². The Balaban J connectivity index is 4.24. The first-order chi connectivity index (χ1) is 9.29. The molecular formula is C14H22O6. The van der Waals surface area contributed by atoms with Crippen LogP contribution in [0.1, 0.15) is 26.7 Å². The van der Waals surface area contributed by atoms with E-state index in [9.17, 15) is 14.7 Å². The molecule has 0 heterocycles. The Morgan fingerprint density at radius 3 is 2.15 bits per heavy atom. The molecule has 0 aromatic carbocycles. The lowest BCUT2D eigenvalue weighted by atomic mass is 10.1. The lowest BCUT2D eigenvalue weighted by molar-refractivity contribution is -0.153. The third-order valence-electron chi connectivity index (χ3n) is 2.44. The molecule has 0 radical (unpaired) electrons. The molecule has 0 fully saturated rings. The molecule has 0 bridgehead atoms. The molecular weight excluding hydrogens is 264 g/mol. The van der Waals surface area contributed by atoms with Gasteiger partial charge in [-0.1, -0.05) is 13.2 Å². The highest BCUT2D eigenvalue weighted by molar-refractivity contribution is 5.87. The van der Waals surface area contributed by atoms with Crippen molar-refractivity contribution < 1.29 is 29.3 Å². The predicted molar refractivity (Wildman–Crippen MR) is 72.8 cm³/mol. The molecule has 6 heteroatoms. The van der Waals surface area contributed by atoms with E-state index in [-0.39, 0.29) is 18.6 Å². The second-order valence-corrected chi connectivity index (χ2v) is 4.53. The highest BCUT2D eigenvalue weighted by Gasteiger charge is 2.23. The molecule has 2 N–H and O–H groups in total. The van der Waals surface area contributed by atoms with E-state index < -0.39 is 30.8 Å². The van der Waals surface area contributed by atoms with Crippen LogP contribution in [0.2, 0.25) is 0 Å². The average Bonchev–Trinajstić information content (AvgIpc) is 2.40. The summed E-state index contributed by atoms with van der Waals surface area (Å²) < 4.78 is 9.89. The minimum absolute atomic E-state index is 0.116. The fourth-order valence-electron chi connectivity index (χ4n) is 1.26. The number of ether oxygens (including phenoxy) is 2. The fourth-order valence-corrected chi connectivity index (χ4v) is 1.26. The van der Waals surface area contributed by atoms with Crippen molar-refractivity contribution in [3.63, 3.8) is 0 Å². The van der Waals surface area contributed by atoms with Crippen LogP contribution < -0.4 is 0 Å². The lowest BCUT2D eigenvalue weighted by Gasteiger charge is -2.21. The highest BCUT2D eigenvalue weighted by Crippen LogP contribution is 2.11. The largest absolute Gasteiger partial charge is 0.462 e. The van der Waals surface area contributed by atoms with Gasteiger partial charge in [-0.15, -0.1) is 0 Å². The zero-order valence-corrected chi connectivity index (χ0v) is 11.9. The van der Waals surface area contributed by atoms with Crippen LogP contribution >= 0.6 is 0 Å². The van der Waals surface area contributed by atoms with Gasteiger partial charge in [0.25, 0.3) is 0 Å². The topological polar surface area (TPSA) is 93.1 Å². The van der Waals surface area contributed by atoms with Crippen molar-refractivity contribution in [1.29, 1.82) is 0 Å². The van der Waals surface area contributed by atoms with Crippen molar-refractivity contribution in [3.8, 4) is 0 Å².